The standard InChI is InChI=1S/C3F5IO2/c4-1(10)2(5,11-9)3(6,7)8. The molecule has 0 saturated carbocycles. The van der Waals surface area contributed by atoms with Gasteiger partial charge in [-0.3, -0.25) is 7.86 Å². The smallest absolute Gasteiger partial charge is 0.260 e. The van der Waals surface area contributed by atoms with Crippen molar-refractivity contribution in [3.63, 3.8) is 0 Å². The van der Waals surface area contributed by atoms with Gasteiger partial charge < -0.3 is 0 Å². The zero-order valence-electron chi connectivity index (χ0n) is 4.58. The van der Waals surface area contributed by atoms with Crippen LogP contribution in [0, 0.1) is 0 Å². The van der Waals surface area contributed by atoms with Crippen LogP contribution < -0.4 is 0 Å². The lowest BCUT2D eigenvalue weighted by Gasteiger charge is -2.18. The van der Waals surface area contributed by atoms with Gasteiger partial charge in [-0.2, -0.15) is 22.0 Å². The number of hydrogen-bond acceptors (Lipinski definition) is 2. The van der Waals surface area contributed by atoms with Crippen molar-refractivity contribution in [1.82, 2.24) is 0 Å². The molecule has 0 aromatic heterocycles. The molecule has 8 heteroatoms. The lowest BCUT2D eigenvalue weighted by Crippen LogP contribution is -2.46. The summed E-state index contributed by atoms with van der Waals surface area (Å²) in [5.41, 5.74) is 0. The summed E-state index contributed by atoms with van der Waals surface area (Å²) in [4.78, 5) is 9.45. The van der Waals surface area contributed by atoms with Gasteiger partial charge >= 0.3 is 18.1 Å². The third-order valence-electron chi connectivity index (χ3n) is 0.724. The number of carbonyl (C=O) groups excluding carboxylic acids is 1. The van der Waals surface area contributed by atoms with Crippen molar-refractivity contribution in [3.8, 4) is 0 Å². The molecule has 0 fully saturated rings. The zero-order valence-corrected chi connectivity index (χ0v) is 6.74. The molecule has 0 rings (SSSR count). The summed E-state index contributed by atoms with van der Waals surface area (Å²) >= 11 is 0.451. The Kier molecular flexibility index (Phi) is 3.17. The molecule has 0 radical (unpaired) electrons. The van der Waals surface area contributed by atoms with Gasteiger partial charge in [0.25, 0.3) is 0 Å². The van der Waals surface area contributed by atoms with E-state index in [0.717, 1.165) is 0 Å². The predicted molar refractivity (Wildman–Crippen MR) is 31.1 cm³/mol. The van der Waals surface area contributed by atoms with Crippen molar-refractivity contribution in [2.75, 3.05) is 0 Å². The number of alkyl halides is 4. The number of hydrogen-bond donors (Lipinski definition) is 0. The molecule has 0 N–H and O–H groups in total. The minimum Gasteiger partial charge on any atom is -0.260 e. The molecule has 0 aliphatic heterocycles. The predicted octanol–water partition coefficient (Wildman–Crippen LogP) is 2.08. The van der Waals surface area contributed by atoms with Crippen LogP contribution in [0.3, 0.4) is 0 Å². The molecule has 0 bridgehead atoms. The molecule has 66 valence electrons. The first kappa shape index (κ1) is 11.0. The topological polar surface area (TPSA) is 26.3 Å². The van der Waals surface area contributed by atoms with Crippen molar-refractivity contribution < 1.29 is 29.8 Å². The van der Waals surface area contributed by atoms with E-state index in [4.69, 9.17) is 0 Å². The molecule has 0 aromatic carbocycles. The lowest BCUT2D eigenvalue weighted by molar-refractivity contribution is -0.281. The maximum absolute atomic E-state index is 12.1. The van der Waals surface area contributed by atoms with Crippen molar-refractivity contribution in [2.45, 2.75) is 12.0 Å². The van der Waals surface area contributed by atoms with Gasteiger partial charge in [0.1, 0.15) is 23.0 Å². The van der Waals surface area contributed by atoms with Crippen LogP contribution in [0.15, 0.2) is 0 Å². The van der Waals surface area contributed by atoms with Crippen LogP contribution in [-0.4, -0.2) is 18.1 Å². The molecule has 1 atom stereocenters. The van der Waals surface area contributed by atoms with E-state index in [1.165, 1.54) is 0 Å². The summed E-state index contributed by atoms with van der Waals surface area (Å²) in [6.45, 7) is 0. The molecule has 1 unspecified atom stereocenters. The molecule has 2 nitrogen and oxygen atoms in total. The highest BCUT2D eigenvalue weighted by Gasteiger charge is 2.64. The van der Waals surface area contributed by atoms with Gasteiger partial charge in [-0.05, 0) is 0 Å². The highest BCUT2D eigenvalue weighted by Crippen LogP contribution is 2.37. The minimum atomic E-state index is -5.69. The van der Waals surface area contributed by atoms with Crippen molar-refractivity contribution in [2.24, 2.45) is 0 Å². The Bertz CT molecular complexity index is 168. The quantitative estimate of drug-likeness (QED) is 0.442. The Balaban J connectivity index is 4.75. The van der Waals surface area contributed by atoms with E-state index in [9.17, 15) is 26.7 Å². The van der Waals surface area contributed by atoms with E-state index < -0.39 is 18.1 Å². The minimum absolute atomic E-state index is 0.451. The van der Waals surface area contributed by atoms with Gasteiger partial charge in [0.2, 0.25) is 0 Å². The number of carbonyl (C=O) groups is 1. The number of rotatable bonds is 2. The first-order valence-corrected chi connectivity index (χ1v) is 2.89. The first-order chi connectivity index (χ1) is 4.75. The molecule has 0 heterocycles. The van der Waals surface area contributed by atoms with Gasteiger partial charge in [-0.15, -0.1) is 0 Å². The van der Waals surface area contributed by atoms with Crippen LogP contribution in [0.1, 0.15) is 0 Å². The van der Waals surface area contributed by atoms with E-state index in [1.54, 1.807) is 0 Å². The highest BCUT2D eigenvalue weighted by molar-refractivity contribution is 14.1. The Morgan fingerprint density at radius 1 is 1.27 bits per heavy atom. The SMILES string of the molecule is O=C(F)C(F)(OI)C(F)(F)F. The Labute approximate surface area is 71.4 Å². The summed E-state index contributed by atoms with van der Waals surface area (Å²) in [6, 6.07) is -3.22. The summed E-state index contributed by atoms with van der Waals surface area (Å²) in [6.07, 6.45) is -5.69. The lowest BCUT2D eigenvalue weighted by atomic mass is 10.3. The second kappa shape index (κ2) is 3.17. The summed E-state index contributed by atoms with van der Waals surface area (Å²) < 4.78 is 60.6. The van der Waals surface area contributed by atoms with E-state index in [0.29, 0.717) is 23.0 Å². The normalized spacial score (nSPS) is 17.6. The van der Waals surface area contributed by atoms with Gasteiger partial charge in [-0.25, -0.2) is 0 Å². The Morgan fingerprint density at radius 3 is 1.64 bits per heavy atom. The zero-order chi connectivity index (χ0) is 9.28. The molecule has 0 aliphatic rings. The summed E-state index contributed by atoms with van der Waals surface area (Å²) in [5.74, 6) is -4.84. The molecule has 0 spiro atoms. The van der Waals surface area contributed by atoms with Crippen LogP contribution in [0.4, 0.5) is 22.0 Å². The third-order valence-corrected chi connectivity index (χ3v) is 1.33. The van der Waals surface area contributed by atoms with Crippen molar-refractivity contribution in [3.05, 3.63) is 0 Å². The van der Waals surface area contributed by atoms with Crippen molar-refractivity contribution >= 4 is 29.0 Å². The molecule has 11 heavy (non-hydrogen) atoms. The van der Waals surface area contributed by atoms with E-state index in [2.05, 4.69) is 3.07 Å². The van der Waals surface area contributed by atoms with Gasteiger partial charge in [0, 0.05) is 0 Å². The average Bonchev–Trinajstić information content (AvgIpc) is 1.83. The second-order valence-electron chi connectivity index (χ2n) is 1.44. The highest BCUT2D eigenvalue weighted by atomic mass is 127. The van der Waals surface area contributed by atoms with Crippen LogP contribution in [-0.2, 0) is 7.86 Å². The Hall–Kier alpha value is 0.01000. The molecule has 0 amide bonds. The van der Waals surface area contributed by atoms with E-state index in [-0.39, 0.29) is 0 Å². The third kappa shape index (κ3) is 1.98. The average molecular weight is 290 g/mol. The number of halogens is 6. The Morgan fingerprint density at radius 2 is 1.64 bits per heavy atom. The van der Waals surface area contributed by atoms with Gasteiger partial charge in [0.15, 0.2) is 0 Å². The largest absolute Gasteiger partial charge is 0.460 e. The summed E-state index contributed by atoms with van der Waals surface area (Å²) in [7, 11) is 0. The van der Waals surface area contributed by atoms with E-state index >= 15 is 0 Å². The fourth-order valence-electron chi connectivity index (χ4n) is 0.186. The molecule has 0 saturated heterocycles. The first-order valence-electron chi connectivity index (χ1n) is 2.01. The maximum atomic E-state index is 12.1. The summed E-state index contributed by atoms with van der Waals surface area (Å²) in [5, 5.41) is 0. The van der Waals surface area contributed by atoms with Crippen LogP contribution in [0.25, 0.3) is 0 Å². The second-order valence-corrected chi connectivity index (χ2v) is 1.88. The van der Waals surface area contributed by atoms with E-state index in [1.807, 2.05) is 0 Å². The monoisotopic (exact) mass is 290 g/mol. The maximum Gasteiger partial charge on any atom is 0.460 e. The molecular formula is C3F5IO2. The van der Waals surface area contributed by atoms with Gasteiger partial charge in [0.05, 0.1) is 0 Å². The fraction of sp³-hybridized carbons (Fsp3) is 0.667. The van der Waals surface area contributed by atoms with Crippen LogP contribution in [0.5, 0.6) is 0 Å². The van der Waals surface area contributed by atoms with Crippen molar-refractivity contribution in [1.29, 1.82) is 0 Å². The molecular weight excluding hydrogens is 290 g/mol. The fourth-order valence-corrected chi connectivity index (χ4v) is 0.608. The van der Waals surface area contributed by atoms with Crippen LogP contribution in [0.2, 0.25) is 0 Å². The molecule has 0 aromatic rings. The van der Waals surface area contributed by atoms with Crippen LogP contribution >= 0.6 is 23.0 Å². The molecule has 0 aliphatic carbocycles. The van der Waals surface area contributed by atoms with Gasteiger partial charge in [-0.1, -0.05) is 0 Å².